The van der Waals surface area contributed by atoms with Gasteiger partial charge in [-0.25, -0.2) is 4.39 Å². The molecular formula is C21H20FN3O3. The van der Waals surface area contributed by atoms with Crippen LogP contribution in [0.25, 0.3) is 0 Å². The lowest BCUT2D eigenvalue weighted by Gasteiger charge is -2.49. The van der Waals surface area contributed by atoms with E-state index in [-0.39, 0.29) is 24.7 Å². The second kappa shape index (κ2) is 6.74. The fourth-order valence-corrected chi connectivity index (χ4v) is 4.08. The number of fused-ring (bicyclic) bond motifs is 3. The van der Waals surface area contributed by atoms with E-state index in [1.54, 1.807) is 24.3 Å². The Kier molecular flexibility index (Phi) is 4.37. The van der Waals surface area contributed by atoms with E-state index in [0.29, 0.717) is 29.9 Å². The van der Waals surface area contributed by atoms with Crippen LogP contribution in [0.4, 0.5) is 15.8 Å². The van der Waals surface area contributed by atoms with Crippen LogP contribution in [0.5, 0.6) is 0 Å². The van der Waals surface area contributed by atoms with Crippen LogP contribution < -0.4 is 10.2 Å². The lowest BCUT2D eigenvalue weighted by atomic mass is 9.95. The topological polar surface area (TPSA) is 69.7 Å². The Labute approximate surface area is 161 Å². The van der Waals surface area contributed by atoms with Gasteiger partial charge in [-0.3, -0.25) is 19.3 Å². The number of hydrogen-bond donors (Lipinski definition) is 1. The van der Waals surface area contributed by atoms with Gasteiger partial charge in [0.05, 0.1) is 11.3 Å². The molecule has 0 aromatic heterocycles. The van der Waals surface area contributed by atoms with Crippen LogP contribution in [0.3, 0.4) is 0 Å². The normalized spacial score (nSPS) is 20.8. The number of anilines is 2. The largest absolute Gasteiger partial charge is 0.322 e. The van der Waals surface area contributed by atoms with Gasteiger partial charge in [0.1, 0.15) is 5.82 Å². The van der Waals surface area contributed by atoms with Crippen molar-refractivity contribution in [1.29, 1.82) is 0 Å². The second-order valence-corrected chi connectivity index (χ2v) is 6.98. The van der Waals surface area contributed by atoms with Crippen LogP contribution in [0.2, 0.25) is 0 Å². The van der Waals surface area contributed by atoms with Crippen LogP contribution in [0.1, 0.15) is 36.5 Å². The monoisotopic (exact) mass is 381 g/mol. The number of carbonyl (C=O) groups excluding carboxylic acids is 3. The summed E-state index contributed by atoms with van der Waals surface area (Å²) >= 11 is 0. The van der Waals surface area contributed by atoms with Crippen molar-refractivity contribution in [2.45, 2.75) is 31.8 Å². The Bertz CT molecular complexity index is 960. The maximum Gasteiger partial charge on any atom is 0.271 e. The molecule has 2 aliphatic rings. The van der Waals surface area contributed by atoms with E-state index in [1.807, 2.05) is 6.92 Å². The van der Waals surface area contributed by atoms with Crippen LogP contribution >= 0.6 is 0 Å². The maximum atomic E-state index is 13.4. The lowest BCUT2D eigenvalue weighted by Crippen LogP contribution is -2.69. The Morgan fingerprint density at radius 1 is 1.14 bits per heavy atom. The fraction of sp³-hybridized carbons (Fsp3) is 0.286. The zero-order valence-electron chi connectivity index (χ0n) is 15.4. The summed E-state index contributed by atoms with van der Waals surface area (Å²) in [6.07, 6.45) is 1.01. The van der Waals surface area contributed by atoms with Crippen molar-refractivity contribution < 1.29 is 18.8 Å². The molecule has 28 heavy (non-hydrogen) atoms. The molecule has 2 aromatic carbocycles. The molecule has 2 aliphatic heterocycles. The number of nitrogens with zero attached hydrogens (tertiary/aromatic N) is 2. The average Bonchev–Trinajstić information content (AvgIpc) is 3.05. The molecule has 1 fully saturated rings. The number of halogens is 1. The first-order valence-electron chi connectivity index (χ1n) is 9.30. The van der Waals surface area contributed by atoms with Crippen molar-refractivity contribution in [3.05, 3.63) is 59.9 Å². The van der Waals surface area contributed by atoms with Gasteiger partial charge in [-0.05, 0) is 42.8 Å². The summed E-state index contributed by atoms with van der Waals surface area (Å²) < 4.78 is 13.2. The third kappa shape index (κ3) is 2.58. The first kappa shape index (κ1) is 18.2. The number of benzene rings is 2. The molecule has 144 valence electrons. The molecule has 6 nitrogen and oxygen atoms in total. The van der Waals surface area contributed by atoms with Crippen LogP contribution in [-0.2, 0) is 9.59 Å². The van der Waals surface area contributed by atoms with Crippen molar-refractivity contribution >= 4 is 29.1 Å². The zero-order chi connectivity index (χ0) is 19.9. The molecule has 2 heterocycles. The van der Waals surface area contributed by atoms with Gasteiger partial charge in [-0.1, -0.05) is 19.1 Å². The Morgan fingerprint density at radius 2 is 1.86 bits per heavy atom. The molecule has 1 N–H and O–H groups in total. The summed E-state index contributed by atoms with van der Waals surface area (Å²) in [6.45, 7) is 2.26. The Balaban J connectivity index is 1.83. The number of hydrogen-bond acceptors (Lipinski definition) is 3. The summed E-state index contributed by atoms with van der Waals surface area (Å²) in [5.74, 6) is -1.35. The molecule has 0 radical (unpaired) electrons. The van der Waals surface area contributed by atoms with E-state index in [1.165, 1.54) is 34.1 Å². The molecule has 2 aromatic rings. The number of carbonyl (C=O) groups is 3. The minimum Gasteiger partial charge on any atom is -0.322 e. The van der Waals surface area contributed by atoms with Crippen LogP contribution in [0, 0.1) is 5.82 Å². The summed E-state index contributed by atoms with van der Waals surface area (Å²) in [5.41, 5.74) is -0.150. The van der Waals surface area contributed by atoms with Gasteiger partial charge in [-0.15, -0.1) is 0 Å². The molecule has 0 bridgehead atoms. The third-order valence-electron chi connectivity index (χ3n) is 5.29. The molecule has 3 amide bonds. The predicted octanol–water partition coefficient (Wildman–Crippen LogP) is 3.15. The Hall–Kier alpha value is -3.22. The van der Waals surface area contributed by atoms with Gasteiger partial charge in [0.2, 0.25) is 11.6 Å². The summed E-state index contributed by atoms with van der Waals surface area (Å²) in [5, 5.41) is 2.77. The summed E-state index contributed by atoms with van der Waals surface area (Å²) in [7, 11) is 0. The van der Waals surface area contributed by atoms with Crippen LogP contribution in [0.15, 0.2) is 48.5 Å². The highest BCUT2D eigenvalue weighted by atomic mass is 19.1. The zero-order valence-corrected chi connectivity index (χ0v) is 15.4. The van der Waals surface area contributed by atoms with Crippen molar-refractivity contribution in [2.24, 2.45) is 0 Å². The summed E-state index contributed by atoms with van der Waals surface area (Å²) in [6, 6.07) is 12.3. The van der Waals surface area contributed by atoms with E-state index in [0.717, 1.165) is 0 Å². The van der Waals surface area contributed by atoms with Gasteiger partial charge >= 0.3 is 0 Å². The maximum absolute atomic E-state index is 13.4. The van der Waals surface area contributed by atoms with Gasteiger partial charge in [0.25, 0.3) is 11.8 Å². The van der Waals surface area contributed by atoms with Gasteiger partial charge in [0, 0.05) is 25.1 Å². The number of amides is 3. The summed E-state index contributed by atoms with van der Waals surface area (Å²) in [4.78, 5) is 42.4. The average molecular weight is 381 g/mol. The first-order valence-corrected chi connectivity index (χ1v) is 9.30. The fourth-order valence-electron chi connectivity index (χ4n) is 4.08. The van der Waals surface area contributed by atoms with Crippen LogP contribution in [-0.4, -0.2) is 34.8 Å². The SMILES string of the molecule is CCCN1C(=O)c2ccccc2N2C(=O)CC[C@]12C(=O)Nc1ccc(F)cc1. The van der Waals surface area contributed by atoms with Crippen molar-refractivity contribution in [3.8, 4) is 0 Å². The predicted molar refractivity (Wildman–Crippen MR) is 102 cm³/mol. The highest BCUT2D eigenvalue weighted by molar-refractivity contribution is 6.18. The van der Waals surface area contributed by atoms with E-state index in [2.05, 4.69) is 5.32 Å². The quantitative estimate of drug-likeness (QED) is 0.885. The van der Waals surface area contributed by atoms with E-state index in [4.69, 9.17) is 0 Å². The van der Waals surface area contributed by atoms with Gasteiger partial charge < -0.3 is 10.2 Å². The highest BCUT2D eigenvalue weighted by Gasteiger charge is 2.60. The first-order chi connectivity index (χ1) is 13.5. The number of para-hydroxylation sites is 1. The van der Waals surface area contributed by atoms with Crippen molar-refractivity contribution in [2.75, 3.05) is 16.8 Å². The molecule has 0 unspecified atom stereocenters. The van der Waals surface area contributed by atoms with Gasteiger partial charge in [0.15, 0.2) is 0 Å². The molecule has 1 atom stereocenters. The van der Waals surface area contributed by atoms with Crippen molar-refractivity contribution in [3.63, 3.8) is 0 Å². The van der Waals surface area contributed by atoms with E-state index in [9.17, 15) is 18.8 Å². The molecule has 4 rings (SSSR count). The van der Waals surface area contributed by atoms with Crippen molar-refractivity contribution in [1.82, 2.24) is 4.90 Å². The third-order valence-corrected chi connectivity index (χ3v) is 5.29. The number of rotatable bonds is 4. The lowest BCUT2D eigenvalue weighted by molar-refractivity contribution is -0.128. The molecule has 0 spiro atoms. The Morgan fingerprint density at radius 3 is 2.57 bits per heavy atom. The molecule has 0 saturated carbocycles. The molecule has 1 saturated heterocycles. The van der Waals surface area contributed by atoms with Gasteiger partial charge in [-0.2, -0.15) is 0 Å². The molecular weight excluding hydrogens is 361 g/mol. The highest BCUT2D eigenvalue weighted by Crippen LogP contribution is 2.45. The molecule has 7 heteroatoms. The molecule has 0 aliphatic carbocycles. The van der Waals surface area contributed by atoms with E-state index < -0.39 is 17.4 Å². The minimum absolute atomic E-state index is 0.165. The van der Waals surface area contributed by atoms with E-state index >= 15 is 0 Å². The smallest absolute Gasteiger partial charge is 0.271 e. The minimum atomic E-state index is -1.42. The number of nitrogens with one attached hydrogen (secondary N) is 1. The standard InChI is InChI=1S/C21H20FN3O3/c1-2-13-24-19(27)16-5-3-4-6-17(16)25-18(26)11-12-21(24,25)20(28)23-15-9-7-14(22)8-10-15/h3-10H,2,11-13H2,1H3,(H,23,28)/t21-/m0/s1. The second-order valence-electron chi connectivity index (χ2n) is 6.98.